The summed E-state index contributed by atoms with van der Waals surface area (Å²) in [7, 11) is 0. The lowest BCUT2D eigenvalue weighted by Crippen LogP contribution is -2.15. The van der Waals surface area contributed by atoms with Crippen molar-refractivity contribution in [3.63, 3.8) is 0 Å². The maximum absolute atomic E-state index is 12.7. The maximum atomic E-state index is 12.7. The van der Waals surface area contributed by atoms with Gasteiger partial charge in [-0.3, -0.25) is 4.79 Å². The molecule has 0 radical (unpaired) electrons. The van der Waals surface area contributed by atoms with Gasteiger partial charge >= 0.3 is 0 Å². The number of aryl methyl sites for hydroxylation is 2. The van der Waals surface area contributed by atoms with Crippen LogP contribution in [0.2, 0.25) is 0 Å². The number of fused-ring (bicyclic) bond motifs is 10. The number of phenols is 1. The Kier molecular flexibility index (Phi) is 2.51. The molecule has 0 atom stereocenters. The SMILES string of the molecule is O=C1NCc2c1c1c(c3[nH]c4ccccc4c23)CCc2cc(O)ccc2-1. The third kappa shape index (κ3) is 1.61. The predicted octanol–water partition coefficient (Wildman–Crippen LogP) is 4.04. The number of aromatic amines is 1. The van der Waals surface area contributed by atoms with E-state index in [1.54, 1.807) is 6.07 Å². The highest BCUT2D eigenvalue weighted by molar-refractivity contribution is 6.19. The van der Waals surface area contributed by atoms with Gasteiger partial charge in [0.15, 0.2) is 0 Å². The highest BCUT2D eigenvalue weighted by atomic mass is 16.3. The van der Waals surface area contributed by atoms with E-state index < -0.39 is 0 Å². The van der Waals surface area contributed by atoms with E-state index in [1.165, 1.54) is 16.3 Å². The number of aromatic hydroxyl groups is 1. The summed E-state index contributed by atoms with van der Waals surface area (Å²) in [5, 5.41) is 15.2. The molecule has 0 bridgehead atoms. The number of amides is 1. The highest BCUT2D eigenvalue weighted by Gasteiger charge is 2.33. The van der Waals surface area contributed by atoms with Gasteiger partial charge in [-0.15, -0.1) is 0 Å². The Bertz CT molecular complexity index is 1270. The van der Waals surface area contributed by atoms with Crippen molar-refractivity contribution < 1.29 is 9.90 Å². The lowest BCUT2D eigenvalue weighted by molar-refractivity contribution is 0.0966. The first kappa shape index (κ1) is 14.0. The van der Waals surface area contributed by atoms with Crippen LogP contribution in [0.25, 0.3) is 32.9 Å². The summed E-state index contributed by atoms with van der Waals surface area (Å²) in [5.74, 6) is 0.282. The van der Waals surface area contributed by atoms with Crippen molar-refractivity contribution >= 4 is 27.7 Å². The van der Waals surface area contributed by atoms with Gasteiger partial charge < -0.3 is 15.4 Å². The quantitative estimate of drug-likeness (QED) is 0.452. The van der Waals surface area contributed by atoms with Crippen molar-refractivity contribution in [1.82, 2.24) is 10.3 Å². The third-order valence-corrected chi connectivity index (χ3v) is 5.82. The zero-order valence-electron chi connectivity index (χ0n) is 14.0. The molecule has 4 aromatic rings. The first-order chi connectivity index (χ1) is 12.7. The van der Waals surface area contributed by atoms with E-state index in [-0.39, 0.29) is 11.7 Å². The summed E-state index contributed by atoms with van der Waals surface area (Å²) < 4.78 is 0. The van der Waals surface area contributed by atoms with Crippen molar-refractivity contribution in [1.29, 1.82) is 0 Å². The van der Waals surface area contributed by atoms with E-state index in [0.717, 1.165) is 51.7 Å². The molecule has 6 rings (SSSR count). The molecule has 1 aromatic heterocycles. The lowest BCUT2D eigenvalue weighted by atomic mass is 9.80. The molecule has 26 heavy (non-hydrogen) atoms. The number of aromatic nitrogens is 1. The van der Waals surface area contributed by atoms with Crippen LogP contribution in [0.4, 0.5) is 0 Å². The molecule has 3 aromatic carbocycles. The minimum absolute atomic E-state index is 0.00403. The largest absolute Gasteiger partial charge is 0.508 e. The second kappa shape index (κ2) is 4.67. The summed E-state index contributed by atoms with van der Waals surface area (Å²) in [4.78, 5) is 16.3. The van der Waals surface area contributed by atoms with E-state index in [9.17, 15) is 9.90 Å². The number of hydrogen-bond acceptors (Lipinski definition) is 2. The Morgan fingerprint density at radius 2 is 1.85 bits per heavy atom. The van der Waals surface area contributed by atoms with Crippen molar-refractivity contribution in [3.05, 3.63) is 64.7 Å². The Morgan fingerprint density at radius 3 is 2.77 bits per heavy atom. The molecule has 1 aliphatic heterocycles. The molecule has 0 fully saturated rings. The van der Waals surface area contributed by atoms with E-state index >= 15 is 0 Å². The van der Waals surface area contributed by atoms with Crippen LogP contribution in [0, 0.1) is 0 Å². The number of phenolic OH excluding ortho intramolecular Hbond substituents is 1. The van der Waals surface area contributed by atoms with Gasteiger partial charge in [0.05, 0.1) is 11.1 Å². The van der Waals surface area contributed by atoms with Crippen molar-refractivity contribution in [2.45, 2.75) is 19.4 Å². The summed E-state index contributed by atoms with van der Waals surface area (Å²) in [6.45, 7) is 0.563. The van der Waals surface area contributed by atoms with Crippen molar-refractivity contribution in [2.24, 2.45) is 0 Å². The summed E-state index contributed by atoms with van der Waals surface area (Å²) >= 11 is 0. The third-order valence-electron chi connectivity index (χ3n) is 5.82. The number of benzene rings is 3. The van der Waals surface area contributed by atoms with E-state index in [1.807, 2.05) is 24.3 Å². The second-order valence-corrected chi connectivity index (χ2v) is 7.15. The average Bonchev–Trinajstić information content (AvgIpc) is 3.22. The standard InChI is InChI=1S/C22H16N2O2/c25-12-6-8-13-11(9-12)5-7-15-18(13)20-16(10-23-22(20)26)19-14-3-1-2-4-17(14)24-21(15)19/h1-4,6,8-9,24-25H,5,7,10H2,(H,23,26). The van der Waals surface area contributed by atoms with Crippen LogP contribution in [0.1, 0.15) is 27.0 Å². The van der Waals surface area contributed by atoms with E-state index in [0.29, 0.717) is 6.54 Å². The van der Waals surface area contributed by atoms with E-state index in [4.69, 9.17) is 0 Å². The molecule has 0 unspecified atom stereocenters. The van der Waals surface area contributed by atoms with Gasteiger partial charge in [-0.2, -0.15) is 0 Å². The van der Waals surface area contributed by atoms with Gasteiger partial charge in [-0.1, -0.05) is 24.3 Å². The summed E-state index contributed by atoms with van der Waals surface area (Å²) in [6, 6.07) is 13.8. The van der Waals surface area contributed by atoms with Crippen LogP contribution < -0.4 is 5.32 Å². The number of carbonyl (C=O) groups is 1. The predicted molar refractivity (Wildman–Crippen MR) is 101 cm³/mol. The number of carbonyl (C=O) groups excluding carboxylic acids is 1. The molecule has 0 spiro atoms. The second-order valence-electron chi connectivity index (χ2n) is 7.15. The zero-order valence-corrected chi connectivity index (χ0v) is 14.0. The molecule has 3 N–H and O–H groups in total. The van der Waals surface area contributed by atoms with E-state index in [2.05, 4.69) is 22.4 Å². The smallest absolute Gasteiger partial charge is 0.252 e. The fourth-order valence-corrected chi connectivity index (χ4v) is 4.76. The minimum atomic E-state index is 0.00403. The molecule has 2 heterocycles. The van der Waals surface area contributed by atoms with Gasteiger partial charge in [0, 0.05) is 28.4 Å². The topological polar surface area (TPSA) is 65.1 Å². The van der Waals surface area contributed by atoms with Gasteiger partial charge in [0.1, 0.15) is 5.75 Å². The lowest BCUT2D eigenvalue weighted by Gasteiger charge is -2.23. The van der Waals surface area contributed by atoms with Gasteiger partial charge in [0.25, 0.3) is 5.91 Å². The van der Waals surface area contributed by atoms with Crippen LogP contribution >= 0.6 is 0 Å². The molecular formula is C22H16N2O2. The minimum Gasteiger partial charge on any atom is -0.508 e. The Labute approximate surface area is 149 Å². The van der Waals surface area contributed by atoms with Gasteiger partial charge in [0.2, 0.25) is 0 Å². The highest BCUT2D eigenvalue weighted by Crippen LogP contribution is 2.46. The number of rotatable bonds is 0. The van der Waals surface area contributed by atoms with Crippen LogP contribution in [-0.2, 0) is 19.4 Å². The van der Waals surface area contributed by atoms with Crippen molar-refractivity contribution in [2.75, 3.05) is 0 Å². The number of nitrogens with one attached hydrogen (secondary N) is 2. The Balaban J connectivity index is 1.84. The number of H-pyrrole nitrogens is 1. The molecule has 126 valence electrons. The summed E-state index contributed by atoms with van der Waals surface area (Å²) in [6.07, 6.45) is 1.72. The first-order valence-corrected chi connectivity index (χ1v) is 8.91. The summed E-state index contributed by atoms with van der Waals surface area (Å²) in [5.41, 5.74) is 8.57. The molecule has 4 heteroatoms. The van der Waals surface area contributed by atoms with Crippen LogP contribution in [0.5, 0.6) is 5.75 Å². The number of para-hydroxylation sites is 1. The first-order valence-electron chi connectivity index (χ1n) is 8.91. The van der Waals surface area contributed by atoms with Gasteiger partial charge in [-0.05, 0) is 53.3 Å². The van der Waals surface area contributed by atoms with Crippen LogP contribution in [0.15, 0.2) is 42.5 Å². The number of hydrogen-bond donors (Lipinski definition) is 3. The normalized spacial score (nSPS) is 15.0. The van der Waals surface area contributed by atoms with Crippen LogP contribution in [0.3, 0.4) is 0 Å². The molecule has 0 saturated heterocycles. The Hall–Kier alpha value is -3.27. The zero-order chi connectivity index (χ0) is 17.4. The van der Waals surface area contributed by atoms with Gasteiger partial charge in [-0.25, -0.2) is 0 Å². The molecular weight excluding hydrogens is 324 g/mol. The average molecular weight is 340 g/mol. The van der Waals surface area contributed by atoms with Crippen molar-refractivity contribution in [3.8, 4) is 16.9 Å². The molecule has 4 nitrogen and oxygen atoms in total. The molecule has 1 amide bonds. The fourth-order valence-electron chi connectivity index (χ4n) is 4.76. The maximum Gasteiger partial charge on any atom is 0.252 e. The monoisotopic (exact) mass is 340 g/mol. The molecule has 2 aliphatic rings. The fraction of sp³-hybridized carbons (Fsp3) is 0.136. The molecule has 0 saturated carbocycles. The van der Waals surface area contributed by atoms with Crippen LogP contribution in [-0.4, -0.2) is 16.0 Å². The molecule has 1 aliphatic carbocycles. The Morgan fingerprint density at radius 1 is 0.962 bits per heavy atom.